The molecule has 1 aromatic heterocycles. The molecule has 0 saturated carbocycles. The van der Waals surface area contributed by atoms with Crippen LogP contribution in [0.15, 0.2) is 41.1 Å². The van der Waals surface area contributed by atoms with Crippen molar-refractivity contribution in [2.75, 3.05) is 5.32 Å². The molecule has 1 aromatic carbocycles. The van der Waals surface area contributed by atoms with Gasteiger partial charge in [0.15, 0.2) is 5.82 Å². The zero-order chi connectivity index (χ0) is 13.8. The van der Waals surface area contributed by atoms with Crippen LogP contribution >= 0.6 is 15.9 Å². The van der Waals surface area contributed by atoms with Crippen molar-refractivity contribution >= 4 is 27.5 Å². The van der Waals surface area contributed by atoms with E-state index in [9.17, 15) is 9.18 Å². The molecular formula is C14H12BrFN2O. The largest absolute Gasteiger partial charge is 0.323 e. The first-order valence-electron chi connectivity index (χ1n) is 5.71. The lowest BCUT2D eigenvalue weighted by atomic mass is 10.1. The van der Waals surface area contributed by atoms with Crippen molar-refractivity contribution in [3.05, 3.63) is 58.1 Å². The molecular weight excluding hydrogens is 311 g/mol. The van der Waals surface area contributed by atoms with E-state index in [4.69, 9.17) is 0 Å². The Kier molecular flexibility index (Phi) is 4.27. The van der Waals surface area contributed by atoms with Crippen LogP contribution in [0.3, 0.4) is 0 Å². The smallest absolute Gasteiger partial charge is 0.228 e. The van der Waals surface area contributed by atoms with Gasteiger partial charge in [-0.15, -0.1) is 0 Å². The van der Waals surface area contributed by atoms with E-state index in [0.29, 0.717) is 0 Å². The fraction of sp³-hybridized carbons (Fsp3) is 0.143. The molecule has 0 unspecified atom stereocenters. The molecule has 0 aliphatic carbocycles. The molecule has 0 radical (unpaired) electrons. The van der Waals surface area contributed by atoms with E-state index in [0.717, 1.165) is 21.8 Å². The normalized spacial score (nSPS) is 10.3. The van der Waals surface area contributed by atoms with E-state index in [2.05, 4.69) is 26.2 Å². The van der Waals surface area contributed by atoms with Gasteiger partial charge in [0.25, 0.3) is 0 Å². The number of nitrogens with zero attached hydrogens (tertiary/aromatic N) is 1. The fourth-order valence-electron chi connectivity index (χ4n) is 1.69. The number of halogens is 2. The van der Waals surface area contributed by atoms with Crippen LogP contribution in [0.1, 0.15) is 11.1 Å². The van der Waals surface area contributed by atoms with Crippen LogP contribution in [0, 0.1) is 12.7 Å². The highest BCUT2D eigenvalue weighted by Gasteiger charge is 2.10. The molecule has 1 heterocycles. The highest BCUT2D eigenvalue weighted by atomic mass is 79.9. The summed E-state index contributed by atoms with van der Waals surface area (Å²) in [5.74, 6) is -0.798. The minimum absolute atomic E-state index is 0.146. The zero-order valence-corrected chi connectivity index (χ0v) is 11.9. The summed E-state index contributed by atoms with van der Waals surface area (Å²) in [6.45, 7) is 1.93. The molecule has 98 valence electrons. The standard InChI is InChI=1S/C14H12BrFN2O/c1-9-10(3-2-4-11(9)15)7-14(19)18-13-5-6-17-8-12(13)16/h2-6,8H,7H2,1H3,(H,17,18,19). The third-order valence-electron chi connectivity index (χ3n) is 2.78. The van der Waals surface area contributed by atoms with E-state index in [1.165, 1.54) is 12.3 Å². The summed E-state index contributed by atoms with van der Waals surface area (Å²) in [7, 11) is 0. The SMILES string of the molecule is Cc1c(Br)cccc1CC(=O)Nc1ccncc1F. The maximum absolute atomic E-state index is 13.3. The van der Waals surface area contributed by atoms with E-state index in [1.54, 1.807) is 0 Å². The molecule has 19 heavy (non-hydrogen) atoms. The number of aromatic nitrogens is 1. The predicted molar refractivity (Wildman–Crippen MR) is 75.4 cm³/mol. The van der Waals surface area contributed by atoms with Gasteiger partial charge >= 0.3 is 0 Å². The molecule has 1 amide bonds. The Morgan fingerprint density at radius 1 is 1.42 bits per heavy atom. The Labute approximate surface area is 119 Å². The number of nitrogens with one attached hydrogen (secondary N) is 1. The topological polar surface area (TPSA) is 42.0 Å². The van der Waals surface area contributed by atoms with Crippen LogP contribution in [0.2, 0.25) is 0 Å². The summed E-state index contributed by atoms with van der Waals surface area (Å²) in [5.41, 5.74) is 2.06. The van der Waals surface area contributed by atoms with Crippen molar-refractivity contribution < 1.29 is 9.18 Å². The number of anilines is 1. The molecule has 0 aliphatic rings. The van der Waals surface area contributed by atoms with Crippen molar-refractivity contribution in [1.29, 1.82) is 0 Å². The van der Waals surface area contributed by atoms with Crippen molar-refractivity contribution in [3.63, 3.8) is 0 Å². The van der Waals surface area contributed by atoms with Crippen LogP contribution in [0.5, 0.6) is 0 Å². The van der Waals surface area contributed by atoms with Gasteiger partial charge in [-0.1, -0.05) is 28.1 Å². The van der Waals surface area contributed by atoms with Crippen LogP contribution in [0.25, 0.3) is 0 Å². The number of pyridine rings is 1. The Hall–Kier alpha value is -1.75. The summed E-state index contributed by atoms with van der Waals surface area (Å²) in [6, 6.07) is 7.09. The summed E-state index contributed by atoms with van der Waals surface area (Å²) in [4.78, 5) is 15.5. The minimum Gasteiger partial charge on any atom is -0.323 e. The molecule has 2 aromatic rings. The molecule has 1 N–H and O–H groups in total. The van der Waals surface area contributed by atoms with Crippen LogP contribution in [-0.4, -0.2) is 10.9 Å². The Morgan fingerprint density at radius 3 is 2.95 bits per heavy atom. The molecule has 0 fully saturated rings. The Morgan fingerprint density at radius 2 is 2.21 bits per heavy atom. The predicted octanol–water partition coefficient (Wildman–Crippen LogP) is 3.47. The van der Waals surface area contributed by atoms with Crippen molar-refractivity contribution in [3.8, 4) is 0 Å². The number of hydrogen-bond donors (Lipinski definition) is 1. The van der Waals surface area contributed by atoms with Gasteiger partial charge in [0.05, 0.1) is 18.3 Å². The average Bonchev–Trinajstić information content (AvgIpc) is 2.38. The van der Waals surface area contributed by atoms with Gasteiger partial charge in [-0.3, -0.25) is 9.78 Å². The average molecular weight is 323 g/mol. The number of rotatable bonds is 3. The highest BCUT2D eigenvalue weighted by Crippen LogP contribution is 2.20. The highest BCUT2D eigenvalue weighted by molar-refractivity contribution is 9.10. The van der Waals surface area contributed by atoms with Crippen LogP contribution in [-0.2, 0) is 11.2 Å². The van der Waals surface area contributed by atoms with E-state index >= 15 is 0 Å². The number of amides is 1. The second kappa shape index (κ2) is 5.93. The maximum atomic E-state index is 13.3. The van der Waals surface area contributed by atoms with Gasteiger partial charge in [0, 0.05) is 10.7 Å². The molecule has 0 bridgehead atoms. The van der Waals surface area contributed by atoms with Gasteiger partial charge in [-0.05, 0) is 30.2 Å². The second-order valence-electron chi connectivity index (χ2n) is 4.10. The lowest BCUT2D eigenvalue weighted by Crippen LogP contribution is -2.16. The summed E-state index contributed by atoms with van der Waals surface area (Å²) < 4.78 is 14.3. The summed E-state index contributed by atoms with van der Waals surface area (Å²) >= 11 is 3.41. The van der Waals surface area contributed by atoms with Gasteiger partial charge < -0.3 is 5.32 Å². The molecule has 0 aliphatic heterocycles. The third kappa shape index (κ3) is 3.38. The number of carbonyl (C=O) groups excluding carboxylic acids is 1. The third-order valence-corrected chi connectivity index (χ3v) is 3.64. The first-order valence-corrected chi connectivity index (χ1v) is 6.50. The van der Waals surface area contributed by atoms with Gasteiger partial charge in [0.1, 0.15) is 0 Å². The van der Waals surface area contributed by atoms with Crippen molar-refractivity contribution in [2.24, 2.45) is 0 Å². The van der Waals surface area contributed by atoms with Crippen molar-refractivity contribution in [1.82, 2.24) is 4.98 Å². The number of carbonyl (C=O) groups is 1. The van der Waals surface area contributed by atoms with Gasteiger partial charge in [-0.25, -0.2) is 4.39 Å². The Balaban J connectivity index is 2.10. The quantitative estimate of drug-likeness (QED) is 0.940. The summed E-state index contributed by atoms with van der Waals surface area (Å²) in [5, 5.41) is 2.54. The second-order valence-corrected chi connectivity index (χ2v) is 4.96. The fourth-order valence-corrected chi connectivity index (χ4v) is 2.09. The molecule has 3 nitrogen and oxygen atoms in total. The first-order chi connectivity index (χ1) is 9.08. The molecule has 0 saturated heterocycles. The van der Waals surface area contributed by atoms with E-state index < -0.39 is 5.82 Å². The summed E-state index contributed by atoms with van der Waals surface area (Å²) in [6.07, 6.45) is 2.70. The van der Waals surface area contributed by atoms with E-state index in [1.807, 2.05) is 25.1 Å². The minimum atomic E-state index is -0.540. The molecule has 0 atom stereocenters. The van der Waals surface area contributed by atoms with Crippen molar-refractivity contribution in [2.45, 2.75) is 13.3 Å². The first kappa shape index (κ1) is 13.7. The van der Waals surface area contributed by atoms with Crippen LogP contribution in [0.4, 0.5) is 10.1 Å². The monoisotopic (exact) mass is 322 g/mol. The number of benzene rings is 1. The number of hydrogen-bond acceptors (Lipinski definition) is 2. The van der Waals surface area contributed by atoms with Gasteiger partial charge in [-0.2, -0.15) is 0 Å². The molecule has 2 rings (SSSR count). The lowest BCUT2D eigenvalue weighted by molar-refractivity contribution is -0.115. The van der Waals surface area contributed by atoms with E-state index in [-0.39, 0.29) is 18.0 Å². The maximum Gasteiger partial charge on any atom is 0.228 e. The molecule has 5 heteroatoms. The Bertz CT molecular complexity index is 616. The van der Waals surface area contributed by atoms with Gasteiger partial charge in [0.2, 0.25) is 5.91 Å². The van der Waals surface area contributed by atoms with Crippen LogP contribution < -0.4 is 5.32 Å². The zero-order valence-electron chi connectivity index (χ0n) is 10.3. The lowest BCUT2D eigenvalue weighted by Gasteiger charge is -2.09. The molecule has 0 spiro atoms.